The minimum Gasteiger partial charge on any atom is -0.367 e. The van der Waals surface area contributed by atoms with E-state index in [2.05, 4.69) is 109 Å². The van der Waals surface area contributed by atoms with Gasteiger partial charge in [0.05, 0.1) is 0 Å². The number of anilines is 1. The number of rotatable bonds is 10. The van der Waals surface area contributed by atoms with Crippen LogP contribution in [0.3, 0.4) is 0 Å². The second kappa shape index (κ2) is 12.3. The number of hydrogen-bond donors (Lipinski definition) is 0. The van der Waals surface area contributed by atoms with Crippen LogP contribution in [0.5, 0.6) is 0 Å². The Morgan fingerprint density at radius 1 is 0.621 bits per heavy atom. The maximum absolute atomic E-state index is 2.55. The molecule has 0 radical (unpaired) electrons. The van der Waals surface area contributed by atoms with Crippen LogP contribution >= 0.6 is 12.4 Å². The average Bonchev–Trinajstić information content (AvgIpc) is 2.73. The van der Waals surface area contributed by atoms with Crippen molar-refractivity contribution in [2.24, 2.45) is 0 Å². The summed E-state index contributed by atoms with van der Waals surface area (Å²) in [7, 11) is 4.30. The summed E-state index contributed by atoms with van der Waals surface area (Å²) >= 11 is 0. The molecule has 3 aromatic rings. The van der Waals surface area contributed by atoms with E-state index >= 15 is 0 Å². The molecule has 0 aliphatic carbocycles. The van der Waals surface area contributed by atoms with Crippen molar-refractivity contribution < 1.29 is 0 Å². The van der Waals surface area contributed by atoms with Crippen LogP contribution in [0, 0.1) is 0 Å². The van der Waals surface area contributed by atoms with Gasteiger partial charge in [0.15, 0.2) is 0 Å². The molecular weight excluding hydrogens is 376 g/mol. The second-order valence-electron chi connectivity index (χ2n) is 7.68. The van der Waals surface area contributed by atoms with E-state index in [0.717, 1.165) is 38.9 Å². The third kappa shape index (κ3) is 7.56. The Bertz CT molecular complexity index is 818. The first kappa shape index (κ1) is 23.0. The van der Waals surface area contributed by atoms with Gasteiger partial charge in [0.2, 0.25) is 0 Å². The lowest BCUT2D eigenvalue weighted by atomic mass is 10.0. The first-order valence-electron chi connectivity index (χ1n) is 10.3. The number of para-hydroxylation sites is 1. The number of benzene rings is 3. The Morgan fingerprint density at radius 2 is 1.21 bits per heavy atom. The molecule has 0 unspecified atom stereocenters. The fraction of sp³-hybridized carbons (Fsp3) is 0.308. The molecule has 0 atom stereocenters. The zero-order valence-corrected chi connectivity index (χ0v) is 18.4. The maximum Gasteiger partial charge on any atom is 0.0429 e. The molecule has 3 heteroatoms. The summed E-state index contributed by atoms with van der Waals surface area (Å²) in [5.41, 5.74) is 5.58. The van der Waals surface area contributed by atoms with Crippen molar-refractivity contribution in [1.29, 1.82) is 0 Å². The fourth-order valence-electron chi connectivity index (χ4n) is 3.62. The SMILES string of the molecule is CN(C)CCCN(Cc1ccccc1)c1ccccc1CCc1ccccc1.Cl. The van der Waals surface area contributed by atoms with Gasteiger partial charge in [-0.1, -0.05) is 78.9 Å². The Balaban J connectivity index is 0.00000300. The van der Waals surface area contributed by atoms with Gasteiger partial charge in [-0.05, 0) is 62.7 Å². The molecule has 0 fully saturated rings. The predicted molar refractivity (Wildman–Crippen MR) is 128 cm³/mol. The van der Waals surface area contributed by atoms with E-state index in [0.29, 0.717) is 0 Å². The predicted octanol–water partition coefficient (Wildman–Crippen LogP) is 5.85. The average molecular weight is 409 g/mol. The van der Waals surface area contributed by atoms with Gasteiger partial charge in [0.25, 0.3) is 0 Å². The van der Waals surface area contributed by atoms with E-state index in [4.69, 9.17) is 0 Å². The maximum atomic E-state index is 2.55. The number of hydrogen-bond acceptors (Lipinski definition) is 2. The lowest BCUT2D eigenvalue weighted by Crippen LogP contribution is -2.27. The smallest absolute Gasteiger partial charge is 0.0429 e. The summed E-state index contributed by atoms with van der Waals surface area (Å²) in [6, 6.07) is 30.5. The van der Waals surface area contributed by atoms with Crippen molar-refractivity contribution in [3.05, 3.63) is 102 Å². The minimum absolute atomic E-state index is 0. The monoisotopic (exact) mass is 408 g/mol. The van der Waals surface area contributed by atoms with Gasteiger partial charge >= 0.3 is 0 Å². The summed E-state index contributed by atoms with van der Waals surface area (Å²) < 4.78 is 0. The largest absolute Gasteiger partial charge is 0.367 e. The summed E-state index contributed by atoms with van der Waals surface area (Å²) in [5, 5.41) is 0. The van der Waals surface area contributed by atoms with Crippen LogP contribution < -0.4 is 4.90 Å². The molecule has 0 aliphatic heterocycles. The zero-order valence-electron chi connectivity index (χ0n) is 17.6. The van der Waals surface area contributed by atoms with Gasteiger partial charge in [-0.15, -0.1) is 12.4 Å². The molecule has 0 bridgehead atoms. The summed E-state index contributed by atoms with van der Waals surface area (Å²) in [5.74, 6) is 0. The Labute approximate surface area is 182 Å². The van der Waals surface area contributed by atoms with Crippen LogP contribution in [0.15, 0.2) is 84.9 Å². The van der Waals surface area contributed by atoms with E-state index in [1.165, 1.54) is 22.4 Å². The lowest BCUT2D eigenvalue weighted by Gasteiger charge is -2.28. The molecule has 3 rings (SSSR count). The molecule has 0 aliphatic rings. The van der Waals surface area contributed by atoms with Crippen molar-refractivity contribution >= 4 is 18.1 Å². The first-order chi connectivity index (χ1) is 13.7. The first-order valence-corrected chi connectivity index (χ1v) is 10.3. The van der Waals surface area contributed by atoms with E-state index in [1.807, 2.05) is 0 Å². The normalized spacial score (nSPS) is 10.6. The van der Waals surface area contributed by atoms with Gasteiger partial charge in [-0.2, -0.15) is 0 Å². The van der Waals surface area contributed by atoms with Crippen molar-refractivity contribution in [3.8, 4) is 0 Å². The molecule has 0 N–H and O–H groups in total. The van der Waals surface area contributed by atoms with Gasteiger partial charge < -0.3 is 9.80 Å². The molecule has 29 heavy (non-hydrogen) atoms. The van der Waals surface area contributed by atoms with Crippen LogP contribution in [0.4, 0.5) is 5.69 Å². The highest BCUT2D eigenvalue weighted by Gasteiger charge is 2.12. The molecule has 0 amide bonds. The topological polar surface area (TPSA) is 6.48 Å². The highest BCUT2D eigenvalue weighted by molar-refractivity contribution is 5.85. The van der Waals surface area contributed by atoms with E-state index in [9.17, 15) is 0 Å². The molecule has 0 saturated heterocycles. The summed E-state index contributed by atoms with van der Waals surface area (Å²) in [4.78, 5) is 4.82. The second-order valence-corrected chi connectivity index (χ2v) is 7.68. The van der Waals surface area contributed by atoms with E-state index in [-0.39, 0.29) is 12.4 Å². The van der Waals surface area contributed by atoms with Gasteiger partial charge in [-0.3, -0.25) is 0 Å². The highest BCUT2D eigenvalue weighted by atomic mass is 35.5. The Kier molecular flexibility index (Phi) is 9.76. The summed E-state index contributed by atoms with van der Waals surface area (Å²) in [6.45, 7) is 3.13. The van der Waals surface area contributed by atoms with Crippen LogP contribution in [0.2, 0.25) is 0 Å². The number of nitrogens with zero attached hydrogens (tertiary/aromatic N) is 2. The molecule has 3 aromatic carbocycles. The van der Waals surface area contributed by atoms with Crippen LogP contribution in [0.1, 0.15) is 23.1 Å². The lowest BCUT2D eigenvalue weighted by molar-refractivity contribution is 0.400. The molecule has 0 aromatic heterocycles. The van der Waals surface area contributed by atoms with Gasteiger partial charge in [0, 0.05) is 18.8 Å². The van der Waals surface area contributed by atoms with Crippen molar-refractivity contribution in [2.75, 3.05) is 32.1 Å². The molecule has 0 saturated carbocycles. The third-order valence-electron chi connectivity index (χ3n) is 5.11. The van der Waals surface area contributed by atoms with Gasteiger partial charge in [-0.25, -0.2) is 0 Å². The molecule has 2 nitrogen and oxygen atoms in total. The van der Waals surface area contributed by atoms with E-state index < -0.39 is 0 Å². The van der Waals surface area contributed by atoms with Gasteiger partial charge in [0.1, 0.15) is 0 Å². The van der Waals surface area contributed by atoms with Crippen LogP contribution in [-0.2, 0) is 19.4 Å². The van der Waals surface area contributed by atoms with Crippen molar-refractivity contribution in [3.63, 3.8) is 0 Å². The van der Waals surface area contributed by atoms with Crippen LogP contribution in [-0.4, -0.2) is 32.1 Å². The third-order valence-corrected chi connectivity index (χ3v) is 5.11. The molecule has 0 spiro atoms. The van der Waals surface area contributed by atoms with Crippen molar-refractivity contribution in [1.82, 2.24) is 4.90 Å². The quantitative estimate of drug-likeness (QED) is 0.415. The molecular formula is C26H33ClN2. The minimum atomic E-state index is 0. The number of aryl methyl sites for hydroxylation is 2. The number of halogens is 1. The standard InChI is InChI=1S/C26H32N2.ClH/c1-27(2)20-11-21-28(22-24-14-7-4-8-15-24)26-17-10-9-16-25(26)19-18-23-12-5-3-6-13-23;/h3-10,12-17H,11,18-22H2,1-2H3;1H. The molecule has 0 heterocycles. The zero-order chi connectivity index (χ0) is 19.6. The highest BCUT2D eigenvalue weighted by Crippen LogP contribution is 2.24. The van der Waals surface area contributed by atoms with Crippen LogP contribution in [0.25, 0.3) is 0 Å². The van der Waals surface area contributed by atoms with Crippen molar-refractivity contribution in [2.45, 2.75) is 25.8 Å². The molecule has 154 valence electrons. The summed E-state index contributed by atoms with van der Waals surface area (Å²) in [6.07, 6.45) is 3.31. The fourth-order valence-corrected chi connectivity index (χ4v) is 3.62. The Morgan fingerprint density at radius 3 is 1.86 bits per heavy atom. The van der Waals surface area contributed by atoms with E-state index in [1.54, 1.807) is 0 Å². The Hall–Kier alpha value is -2.29.